The van der Waals surface area contributed by atoms with Gasteiger partial charge >= 0.3 is 0 Å². The SMILES string of the molecule is NC(=O)CN1CCN(CC2=C(c3ccc(Cl)cc3)NC3C=CC(c4ccccc4)=CN23)CC1. The number of allylic oxidation sites excluding steroid dienone is 2. The average Bonchev–Trinajstić information content (AvgIpc) is 3.18. The van der Waals surface area contributed by atoms with E-state index in [0.717, 1.165) is 49.0 Å². The molecule has 0 saturated carbocycles. The molecule has 2 aromatic rings. The fraction of sp³-hybridized carbons (Fsp3) is 0.269. The molecule has 170 valence electrons. The molecule has 1 unspecified atom stereocenters. The summed E-state index contributed by atoms with van der Waals surface area (Å²) in [6.45, 7) is 4.62. The zero-order valence-corrected chi connectivity index (χ0v) is 19.2. The minimum Gasteiger partial charge on any atom is -0.369 e. The van der Waals surface area contributed by atoms with Gasteiger partial charge in [0.2, 0.25) is 5.91 Å². The Balaban J connectivity index is 1.43. The van der Waals surface area contributed by atoms with Gasteiger partial charge in [-0.1, -0.05) is 60.1 Å². The van der Waals surface area contributed by atoms with Crippen LogP contribution in [-0.4, -0.2) is 66.0 Å². The molecule has 0 aromatic heterocycles. The average molecular weight is 462 g/mol. The summed E-state index contributed by atoms with van der Waals surface area (Å²) in [5.74, 6) is -0.266. The van der Waals surface area contributed by atoms with Gasteiger partial charge in [-0.3, -0.25) is 14.6 Å². The van der Waals surface area contributed by atoms with Crippen molar-refractivity contribution in [3.8, 4) is 0 Å². The van der Waals surface area contributed by atoms with E-state index in [1.165, 1.54) is 16.8 Å². The summed E-state index contributed by atoms with van der Waals surface area (Å²) in [5.41, 5.74) is 11.3. The molecule has 6 nitrogen and oxygen atoms in total. The minimum atomic E-state index is -0.266. The number of piperazine rings is 1. The number of rotatable bonds is 6. The van der Waals surface area contributed by atoms with Crippen LogP contribution in [0.2, 0.25) is 5.02 Å². The summed E-state index contributed by atoms with van der Waals surface area (Å²) in [4.78, 5) is 18.2. The van der Waals surface area contributed by atoms with Crippen LogP contribution >= 0.6 is 11.6 Å². The van der Waals surface area contributed by atoms with Crippen molar-refractivity contribution in [3.63, 3.8) is 0 Å². The summed E-state index contributed by atoms with van der Waals surface area (Å²) in [7, 11) is 0. The van der Waals surface area contributed by atoms with E-state index in [1.807, 2.05) is 18.2 Å². The first-order valence-corrected chi connectivity index (χ1v) is 11.7. The summed E-state index contributed by atoms with van der Waals surface area (Å²) in [6, 6.07) is 18.5. The van der Waals surface area contributed by atoms with Gasteiger partial charge in [0.05, 0.1) is 17.9 Å². The van der Waals surface area contributed by atoms with Crippen molar-refractivity contribution in [1.82, 2.24) is 20.0 Å². The van der Waals surface area contributed by atoms with Crippen molar-refractivity contribution < 1.29 is 4.79 Å². The van der Waals surface area contributed by atoms with Gasteiger partial charge < -0.3 is 16.0 Å². The van der Waals surface area contributed by atoms with Gasteiger partial charge in [-0.25, -0.2) is 0 Å². The quantitative estimate of drug-likeness (QED) is 0.692. The maximum absolute atomic E-state index is 11.3. The molecule has 2 aromatic carbocycles. The van der Waals surface area contributed by atoms with Crippen molar-refractivity contribution in [2.24, 2.45) is 5.73 Å². The van der Waals surface area contributed by atoms with Crippen molar-refractivity contribution >= 4 is 28.8 Å². The third-order valence-electron chi connectivity index (χ3n) is 6.39. The number of hydrogen-bond donors (Lipinski definition) is 2. The summed E-state index contributed by atoms with van der Waals surface area (Å²) in [5, 5.41) is 4.44. The van der Waals surface area contributed by atoms with Crippen LogP contribution in [0.4, 0.5) is 0 Å². The van der Waals surface area contributed by atoms with Crippen molar-refractivity contribution in [1.29, 1.82) is 0 Å². The Morgan fingerprint density at radius 3 is 2.36 bits per heavy atom. The van der Waals surface area contributed by atoms with E-state index in [9.17, 15) is 4.79 Å². The molecule has 0 aliphatic carbocycles. The van der Waals surface area contributed by atoms with Gasteiger partial charge in [0, 0.05) is 43.9 Å². The Morgan fingerprint density at radius 1 is 0.970 bits per heavy atom. The zero-order valence-electron chi connectivity index (χ0n) is 18.5. The van der Waals surface area contributed by atoms with Crippen LogP contribution in [-0.2, 0) is 4.79 Å². The van der Waals surface area contributed by atoms with Crippen LogP contribution in [0.3, 0.4) is 0 Å². The number of hydrogen-bond acceptors (Lipinski definition) is 5. The minimum absolute atomic E-state index is 0.0780. The van der Waals surface area contributed by atoms with Gasteiger partial charge in [-0.2, -0.15) is 0 Å². The molecule has 0 bridgehead atoms. The second kappa shape index (κ2) is 9.43. The van der Waals surface area contributed by atoms with Crippen LogP contribution < -0.4 is 11.1 Å². The molecule has 1 fully saturated rings. The summed E-state index contributed by atoms with van der Waals surface area (Å²) >= 11 is 6.16. The van der Waals surface area contributed by atoms with Gasteiger partial charge in [0.25, 0.3) is 0 Å². The second-order valence-electron chi connectivity index (χ2n) is 8.65. The van der Waals surface area contributed by atoms with Crippen LogP contribution in [0.25, 0.3) is 11.3 Å². The third kappa shape index (κ3) is 4.83. The highest BCUT2D eigenvalue weighted by atomic mass is 35.5. The number of halogens is 1. The van der Waals surface area contributed by atoms with E-state index in [1.54, 1.807) is 0 Å². The number of nitrogens with one attached hydrogen (secondary N) is 1. The first-order valence-electron chi connectivity index (χ1n) is 11.3. The van der Waals surface area contributed by atoms with Gasteiger partial charge in [0.1, 0.15) is 6.17 Å². The number of benzene rings is 2. The van der Waals surface area contributed by atoms with Gasteiger partial charge in [-0.15, -0.1) is 0 Å². The summed E-state index contributed by atoms with van der Waals surface area (Å²) in [6.07, 6.45) is 6.73. The number of amides is 1. The molecule has 3 aliphatic heterocycles. The predicted octanol–water partition coefficient (Wildman–Crippen LogP) is 2.95. The molecule has 1 amide bonds. The molecule has 3 aliphatic rings. The Bertz CT molecular complexity index is 1100. The van der Waals surface area contributed by atoms with Gasteiger partial charge in [-0.05, 0) is 34.9 Å². The highest BCUT2D eigenvalue weighted by molar-refractivity contribution is 6.30. The van der Waals surface area contributed by atoms with E-state index in [2.05, 4.69) is 74.8 Å². The van der Waals surface area contributed by atoms with Crippen LogP contribution in [0.1, 0.15) is 11.1 Å². The van der Waals surface area contributed by atoms with Crippen LogP contribution in [0, 0.1) is 0 Å². The number of fused-ring (bicyclic) bond motifs is 1. The maximum atomic E-state index is 11.3. The standard InChI is InChI=1S/C26H28ClN5O/c27-22-9-6-20(7-10-22)26-23(17-30-12-14-31(15-13-30)18-24(28)33)32-16-21(8-11-25(32)29-26)19-4-2-1-3-5-19/h1-11,16,25,29H,12-15,17-18H2,(H2,28,33). The number of carbonyl (C=O) groups is 1. The number of carbonyl (C=O) groups excluding carboxylic acids is 1. The molecule has 3 heterocycles. The molecular formula is C26H28ClN5O. The Labute approximate surface area is 199 Å². The zero-order chi connectivity index (χ0) is 22.8. The first-order chi connectivity index (χ1) is 16.1. The van der Waals surface area contributed by atoms with Crippen molar-refractivity contribution in [2.75, 3.05) is 39.3 Å². The Kier molecular flexibility index (Phi) is 6.22. The largest absolute Gasteiger partial charge is 0.369 e. The number of primary amides is 1. The first kappa shape index (κ1) is 21.8. The van der Waals surface area contributed by atoms with E-state index in [0.29, 0.717) is 6.54 Å². The highest BCUT2D eigenvalue weighted by Crippen LogP contribution is 2.34. The lowest BCUT2D eigenvalue weighted by atomic mass is 10.0. The van der Waals surface area contributed by atoms with Gasteiger partial charge in [0.15, 0.2) is 0 Å². The normalized spacial score (nSPS) is 21.1. The molecule has 5 rings (SSSR count). The maximum Gasteiger partial charge on any atom is 0.231 e. The lowest BCUT2D eigenvalue weighted by molar-refractivity contribution is -0.119. The smallest absolute Gasteiger partial charge is 0.231 e. The monoisotopic (exact) mass is 461 g/mol. The third-order valence-corrected chi connectivity index (χ3v) is 6.64. The number of nitrogens with two attached hydrogens (primary N) is 1. The van der Waals surface area contributed by atoms with E-state index in [-0.39, 0.29) is 12.1 Å². The molecule has 7 heteroatoms. The van der Waals surface area contributed by atoms with E-state index < -0.39 is 0 Å². The van der Waals surface area contributed by atoms with Crippen molar-refractivity contribution in [2.45, 2.75) is 6.17 Å². The molecule has 0 spiro atoms. The van der Waals surface area contributed by atoms with Crippen molar-refractivity contribution in [3.05, 3.63) is 94.8 Å². The Morgan fingerprint density at radius 2 is 1.67 bits per heavy atom. The fourth-order valence-corrected chi connectivity index (χ4v) is 4.78. The lowest BCUT2D eigenvalue weighted by Crippen LogP contribution is -2.49. The lowest BCUT2D eigenvalue weighted by Gasteiger charge is -2.36. The van der Waals surface area contributed by atoms with Crippen LogP contribution in [0.15, 0.2) is 78.6 Å². The molecule has 3 N–H and O–H groups in total. The van der Waals surface area contributed by atoms with Crippen LogP contribution in [0.5, 0.6) is 0 Å². The fourth-order valence-electron chi connectivity index (χ4n) is 4.65. The topological polar surface area (TPSA) is 64.8 Å². The predicted molar refractivity (Wildman–Crippen MR) is 133 cm³/mol. The molecule has 0 radical (unpaired) electrons. The highest BCUT2D eigenvalue weighted by Gasteiger charge is 2.33. The van der Waals surface area contributed by atoms with E-state index in [4.69, 9.17) is 17.3 Å². The van der Waals surface area contributed by atoms with E-state index >= 15 is 0 Å². The molecule has 33 heavy (non-hydrogen) atoms. The molecule has 1 atom stereocenters. The molecular weight excluding hydrogens is 434 g/mol. The number of nitrogens with zero attached hydrogens (tertiary/aromatic N) is 3. The molecule has 1 saturated heterocycles. The summed E-state index contributed by atoms with van der Waals surface area (Å²) < 4.78 is 0. The second-order valence-corrected chi connectivity index (χ2v) is 9.09. The Hall–Kier alpha value is -3.06.